The van der Waals surface area contributed by atoms with Crippen LogP contribution in [0.3, 0.4) is 0 Å². The number of rotatable bonds is 4. The Bertz CT molecular complexity index is 1110. The van der Waals surface area contributed by atoms with E-state index in [1.807, 2.05) is 33.7 Å². The van der Waals surface area contributed by atoms with Crippen LogP contribution in [0.1, 0.15) is 40.2 Å². The van der Waals surface area contributed by atoms with Crippen molar-refractivity contribution in [1.29, 1.82) is 0 Å². The smallest absolute Gasteiger partial charge is 0.274 e. The van der Waals surface area contributed by atoms with Gasteiger partial charge in [0.15, 0.2) is 5.69 Å². The van der Waals surface area contributed by atoms with E-state index in [1.54, 1.807) is 7.11 Å². The highest BCUT2D eigenvalue weighted by Gasteiger charge is 2.29. The molecule has 31 heavy (non-hydrogen) atoms. The molecule has 3 aromatic rings. The van der Waals surface area contributed by atoms with Gasteiger partial charge in [-0.15, -0.1) is 0 Å². The first kappa shape index (κ1) is 20.5. The number of methoxy groups -OCH3 is 1. The Kier molecular flexibility index (Phi) is 5.69. The lowest BCUT2D eigenvalue weighted by Crippen LogP contribution is -2.40. The van der Waals surface area contributed by atoms with Gasteiger partial charge in [-0.3, -0.25) is 9.69 Å². The van der Waals surface area contributed by atoms with E-state index in [4.69, 9.17) is 21.3 Å². The third-order valence-electron chi connectivity index (χ3n) is 6.47. The average Bonchev–Trinajstić information content (AvgIpc) is 3.15. The summed E-state index contributed by atoms with van der Waals surface area (Å²) in [5, 5.41) is 0.630. The zero-order chi connectivity index (χ0) is 21.4. The number of hydrogen-bond donors (Lipinski definition) is 0. The van der Waals surface area contributed by atoms with Crippen molar-refractivity contribution in [2.24, 2.45) is 0 Å². The number of fused-ring (bicyclic) bond motifs is 2. The highest BCUT2D eigenvalue weighted by atomic mass is 35.5. The minimum atomic E-state index is -0.00961. The summed E-state index contributed by atoms with van der Waals surface area (Å²) < 4.78 is 7.57. The third-order valence-corrected chi connectivity index (χ3v) is 6.69. The molecular weight excluding hydrogens is 412 g/mol. The highest BCUT2D eigenvalue weighted by molar-refractivity contribution is 6.30. The summed E-state index contributed by atoms with van der Waals surface area (Å²) in [7, 11) is 1.77. The topological polar surface area (TPSA) is 50.1 Å². The van der Waals surface area contributed by atoms with Crippen LogP contribution in [0.25, 0.3) is 5.65 Å². The number of pyridine rings is 1. The Morgan fingerprint density at radius 3 is 2.87 bits per heavy atom. The average molecular weight is 439 g/mol. The number of hydrogen-bond acceptors (Lipinski definition) is 4. The summed E-state index contributed by atoms with van der Waals surface area (Å²) in [6, 6.07) is 12.1. The van der Waals surface area contributed by atoms with Crippen molar-refractivity contribution in [3.8, 4) is 0 Å². The summed E-state index contributed by atoms with van der Waals surface area (Å²) in [6.45, 7) is 3.82. The van der Waals surface area contributed by atoms with Crippen molar-refractivity contribution >= 4 is 23.2 Å². The zero-order valence-corrected chi connectivity index (χ0v) is 18.5. The molecule has 0 spiro atoms. The largest absolute Gasteiger partial charge is 0.380 e. The number of benzene rings is 1. The molecule has 0 N–H and O–H groups in total. The maximum Gasteiger partial charge on any atom is 0.274 e. The number of amides is 1. The molecule has 0 aliphatic carbocycles. The number of likely N-dealkylation sites (tertiary alicyclic amines) is 1. The number of aromatic nitrogens is 2. The summed E-state index contributed by atoms with van der Waals surface area (Å²) in [6.07, 6.45) is 5.12. The number of nitrogens with zero attached hydrogens (tertiary/aromatic N) is 4. The number of piperidine rings is 1. The van der Waals surface area contributed by atoms with Gasteiger partial charge in [-0.2, -0.15) is 0 Å². The van der Waals surface area contributed by atoms with Gasteiger partial charge in [-0.05, 0) is 49.1 Å². The zero-order valence-electron chi connectivity index (χ0n) is 17.8. The molecule has 0 unspecified atom stereocenters. The summed E-state index contributed by atoms with van der Waals surface area (Å²) >= 11 is 6.30. The van der Waals surface area contributed by atoms with E-state index in [0.29, 0.717) is 30.4 Å². The fraction of sp³-hybridized carbons (Fsp3) is 0.417. The number of carbonyl (C=O) groups is 1. The van der Waals surface area contributed by atoms with Crippen LogP contribution in [0, 0.1) is 0 Å². The molecule has 4 heterocycles. The normalized spacial score (nSPS) is 19.5. The number of imidazole rings is 1. The second-order valence-electron chi connectivity index (χ2n) is 8.46. The molecular formula is C24H27ClN4O2. The van der Waals surface area contributed by atoms with Gasteiger partial charge in [0.25, 0.3) is 5.91 Å². The second kappa shape index (κ2) is 8.61. The van der Waals surface area contributed by atoms with Crippen molar-refractivity contribution < 1.29 is 9.53 Å². The van der Waals surface area contributed by atoms with Crippen LogP contribution in [0.15, 0.2) is 42.6 Å². The van der Waals surface area contributed by atoms with E-state index in [-0.39, 0.29) is 12.0 Å². The quantitative estimate of drug-likeness (QED) is 0.621. The Morgan fingerprint density at radius 1 is 1.19 bits per heavy atom. The van der Waals surface area contributed by atoms with Crippen LogP contribution in [0.2, 0.25) is 5.02 Å². The number of halogens is 1. The minimum absolute atomic E-state index is 0.00961. The maximum absolute atomic E-state index is 13.6. The molecule has 2 aromatic heterocycles. The predicted octanol–water partition coefficient (Wildman–Crippen LogP) is 3.80. The van der Waals surface area contributed by atoms with E-state index in [9.17, 15) is 4.79 Å². The molecule has 7 heteroatoms. The molecule has 1 saturated heterocycles. The Balaban J connectivity index is 1.48. The summed E-state index contributed by atoms with van der Waals surface area (Å²) in [5.41, 5.74) is 4.72. The van der Waals surface area contributed by atoms with Crippen molar-refractivity contribution in [2.75, 3.05) is 26.7 Å². The molecule has 0 bridgehead atoms. The van der Waals surface area contributed by atoms with Crippen LogP contribution in [0.5, 0.6) is 0 Å². The predicted molar refractivity (Wildman–Crippen MR) is 120 cm³/mol. The fourth-order valence-electron chi connectivity index (χ4n) is 4.77. The van der Waals surface area contributed by atoms with Crippen molar-refractivity contribution in [3.05, 3.63) is 70.1 Å². The SMILES string of the molecule is CO[C@@H]1CCCN(Cc2c(C(=O)N3CCc4ccccc4C3)nc3ccc(Cl)cn23)C1. The molecule has 2 aliphatic rings. The van der Waals surface area contributed by atoms with Crippen LogP contribution in [-0.2, 0) is 24.2 Å². The van der Waals surface area contributed by atoms with Gasteiger partial charge in [-0.1, -0.05) is 35.9 Å². The molecule has 0 radical (unpaired) electrons. The number of ether oxygens (including phenoxy) is 1. The lowest BCUT2D eigenvalue weighted by atomic mass is 9.99. The molecule has 1 amide bonds. The second-order valence-corrected chi connectivity index (χ2v) is 8.90. The third kappa shape index (κ3) is 4.07. The van der Waals surface area contributed by atoms with Crippen molar-refractivity contribution in [2.45, 2.75) is 38.5 Å². The Labute approximate surface area is 187 Å². The van der Waals surface area contributed by atoms with Crippen molar-refractivity contribution in [1.82, 2.24) is 19.2 Å². The standard InChI is InChI=1S/C24H27ClN4O2/c1-31-20-7-4-11-27(15-20)16-21-23(26-22-9-8-19(25)14-29(21)22)24(30)28-12-10-17-5-2-3-6-18(17)13-28/h2-3,5-6,8-9,14,20H,4,7,10-13,15-16H2,1H3/t20-/m1/s1. The van der Waals surface area contributed by atoms with Gasteiger partial charge in [0, 0.05) is 39.5 Å². The first-order valence-corrected chi connectivity index (χ1v) is 11.3. The van der Waals surface area contributed by atoms with Crippen LogP contribution >= 0.6 is 11.6 Å². The molecule has 5 rings (SSSR count). The van der Waals surface area contributed by atoms with Crippen LogP contribution < -0.4 is 0 Å². The Morgan fingerprint density at radius 2 is 2.03 bits per heavy atom. The van der Waals surface area contributed by atoms with Gasteiger partial charge in [0.2, 0.25) is 0 Å². The maximum atomic E-state index is 13.6. The molecule has 1 aromatic carbocycles. The van der Waals surface area contributed by atoms with Gasteiger partial charge >= 0.3 is 0 Å². The molecule has 6 nitrogen and oxygen atoms in total. The summed E-state index contributed by atoms with van der Waals surface area (Å²) in [5.74, 6) is -0.00961. The van der Waals surface area contributed by atoms with E-state index < -0.39 is 0 Å². The highest BCUT2D eigenvalue weighted by Crippen LogP contribution is 2.25. The monoisotopic (exact) mass is 438 g/mol. The van der Waals surface area contributed by atoms with E-state index >= 15 is 0 Å². The van der Waals surface area contributed by atoms with Gasteiger partial charge in [0.1, 0.15) is 5.65 Å². The van der Waals surface area contributed by atoms with E-state index in [1.165, 1.54) is 11.1 Å². The van der Waals surface area contributed by atoms with E-state index in [2.05, 4.69) is 23.1 Å². The molecule has 2 aliphatic heterocycles. The van der Waals surface area contributed by atoms with Crippen LogP contribution in [0.4, 0.5) is 0 Å². The fourth-order valence-corrected chi connectivity index (χ4v) is 4.93. The van der Waals surface area contributed by atoms with Gasteiger partial charge in [-0.25, -0.2) is 4.98 Å². The lowest BCUT2D eigenvalue weighted by Gasteiger charge is -2.32. The van der Waals surface area contributed by atoms with Gasteiger partial charge in [0.05, 0.1) is 16.8 Å². The molecule has 0 saturated carbocycles. The number of carbonyl (C=O) groups excluding carboxylic acids is 1. The van der Waals surface area contributed by atoms with Crippen LogP contribution in [-0.4, -0.2) is 57.9 Å². The summed E-state index contributed by atoms with van der Waals surface area (Å²) in [4.78, 5) is 22.6. The first-order valence-electron chi connectivity index (χ1n) is 10.9. The van der Waals surface area contributed by atoms with E-state index in [0.717, 1.165) is 43.7 Å². The molecule has 1 fully saturated rings. The Hall–Kier alpha value is -2.41. The first-order chi connectivity index (χ1) is 15.1. The lowest BCUT2D eigenvalue weighted by molar-refractivity contribution is 0.0279. The minimum Gasteiger partial charge on any atom is -0.380 e. The van der Waals surface area contributed by atoms with Gasteiger partial charge < -0.3 is 14.0 Å². The molecule has 1 atom stereocenters. The van der Waals surface area contributed by atoms with Crippen molar-refractivity contribution in [3.63, 3.8) is 0 Å². The molecule has 162 valence electrons.